The standard InChI is InChI=1S/C13H16N2/c1-10(6-7-14)8-11-9-15-13-5-3-2-4-12(11)13/h2-5,9,15H,1,6-8,14H2. The first-order chi connectivity index (χ1) is 7.31. The molecule has 0 aliphatic heterocycles. The van der Waals surface area contributed by atoms with E-state index in [2.05, 4.69) is 36.0 Å². The van der Waals surface area contributed by atoms with E-state index in [-0.39, 0.29) is 0 Å². The summed E-state index contributed by atoms with van der Waals surface area (Å²) >= 11 is 0. The van der Waals surface area contributed by atoms with Gasteiger partial charge >= 0.3 is 0 Å². The number of aromatic nitrogens is 1. The molecule has 0 bridgehead atoms. The molecule has 15 heavy (non-hydrogen) atoms. The zero-order valence-corrected chi connectivity index (χ0v) is 8.79. The highest BCUT2D eigenvalue weighted by Gasteiger charge is 2.03. The summed E-state index contributed by atoms with van der Waals surface area (Å²) in [6, 6.07) is 8.32. The van der Waals surface area contributed by atoms with E-state index in [0.717, 1.165) is 12.8 Å². The molecule has 0 spiro atoms. The summed E-state index contributed by atoms with van der Waals surface area (Å²) in [5.74, 6) is 0. The van der Waals surface area contributed by atoms with Crippen molar-refractivity contribution in [1.82, 2.24) is 4.98 Å². The van der Waals surface area contributed by atoms with Crippen molar-refractivity contribution in [2.24, 2.45) is 5.73 Å². The van der Waals surface area contributed by atoms with Crippen molar-refractivity contribution >= 4 is 10.9 Å². The topological polar surface area (TPSA) is 41.8 Å². The normalized spacial score (nSPS) is 10.7. The molecule has 0 saturated heterocycles. The van der Waals surface area contributed by atoms with Crippen LogP contribution in [-0.2, 0) is 6.42 Å². The maximum atomic E-state index is 5.50. The SMILES string of the molecule is C=C(CCN)Cc1c[nH]c2ccccc12. The summed E-state index contributed by atoms with van der Waals surface area (Å²) in [4.78, 5) is 3.26. The first-order valence-electron chi connectivity index (χ1n) is 5.23. The van der Waals surface area contributed by atoms with Crippen LogP contribution < -0.4 is 5.73 Å². The Labute approximate surface area is 89.8 Å². The monoisotopic (exact) mass is 200 g/mol. The van der Waals surface area contributed by atoms with Crippen LogP contribution in [0.15, 0.2) is 42.6 Å². The largest absolute Gasteiger partial charge is 0.361 e. The molecular weight excluding hydrogens is 184 g/mol. The van der Waals surface area contributed by atoms with Crippen molar-refractivity contribution < 1.29 is 0 Å². The zero-order chi connectivity index (χ0) is 10.7. The van der Waals surface area contributed by atoms with Gasteiger partial charge in [-0.1, -0.05) is 30.4 Å². The third-order valence-electron chi connectivity index (χ3n) is 2.61. The molecule has 0 aliphatic rings. The molecule has 3 N–H and O–H groups in total. The summed E-state index contributed by atoms with van der Waals surface area (Å²) in [6.07, 6.45) is 3.88. The summed E-state index contributed by atoms with van der Waals surface area (Å²) < 4.78 is 0. The van der Waals surface area contributed by atoms with Crippen molar-refractivity contribution in [2.75, 3.05) is 6.54 Å². The van der Waals surface area contributed by atoms with Gasteiger partial charge < -0.3 is 10.7 Å². The van der Waals surface area contributed by atoms with Gasteiger partial charge in [-0.25, -0.2) is 0 Å². The van der Waals surface area contributed by atoms with Gasteiger partial charge in [0.15, 0.2) is 0 Å². The molecule has 0 saturated carbocycles. The number of benzene rings is 1. The van der Waals surface area contributed by atoms with Crippen molar-refractivity contribution in [1.29, 1.82) is 0 Å². The lowest BCUT2D eigenvalue weighted by Gasteiger charge is -2.02. The first-order valence-corrected chi connectivity index (χ1v) is 5.23. The van der Waals surface area contributed by atoms with Crippen molar-refractivity contribution in [3.05, 3.63) is 48.2 Å². The third kappa shape index (κ3) is 2.10. The van der Waals surface area contributed by atoms with Gasteiger partial charge in [0.2, 0.25) is 0 Å². The number of rotatable bonds is 4. The molecule has 2 rings (SSSR count). The smallest absolute Gasteiger partial charge is 0.0456 e. The molecule has 78 valence electrons. The van der Waals surface area contributed by atoms with Gasteiger partial charge in [0.05, 0.1) is 0 Å². The van der Waals surface area contributed by atoms with Crippen molar-refractivity contribution in [2.45, 2.75) is 12.8 Å². The van der Waals surface area contributed by atoms with Crippen LogP contribution in [-0.4, -0.2) is 11.5 Å². The predicted molar refractivity (Wildman–Crippen MR) is 64.8 cm³/mol. The molecule has 0 amide bonds. The summed E-state index contributed by atoms with van der Waals surface area (Å²) in [7, 11) is 0. The van der Waals surface area contributed by atoms with Crippen LogP contribution in [0.25, 0.3) is 10.9 Å². The number of nitrogens with two attached hydrogens (primary N) is 1. The van der Waals surface area contributed by atoms with Gasteiger partial charge in [-0.05, 0) is 31.0 Å². The van der Waals surface area contributed by atoms with E-state index in [1.807, 2.05) is 6.07 Å². The van der Waals surface area contributed by atoms with Crippen LogP contribution in [0.3, 0.4) is 0 Å². The molecule has 2 nitrogen and oxygen atoms in total. The predicted octanol–water partition coefficient (Wildman–Crippen LogP) is 2.62. The van der Waals surface area contributed by atoms with Gasteiger partial charge in [-0.3, -0.25) is 0 Å². The first kappa shape index (κ1) is 9.99. The molecule has 0 atom stereocenters. The molecule has 0 unspecified atom stereocenters. The molecule has 0 fully saturated rings. The average Bonchev–Trinajstić information content (AvgIpc) is 2.62. The highest BCUT2D eigenvalue weighted by atomic mass is 14.7. The second-order valence-electron chi connectivity index (χ2n) is 3.82. The van der Waals surface area contributed by atoms with Gasteiger partial charge in [0.25, 0.3) is 0 Å². The minimum absolute atomic E-state index is 0.682. The number of aromatic amines is 1. The van der Waals surface area contributed by atoms with E-state index in [9.17, 15) is 0 Å². The molecule has 2 aromatic rings. The minimum Gasteiger partial charge on any atom is -0.361 e. The lowest BCUT2D eigenvalue weighted by Crippen LogP contribution is -2.01. The minimum atomic E-state index is 0.682. The van der Waals surface area contributed by atoms with E-state index in [1.54, 1.807) is 0 Å². The third-order valence-corrected chi connectivity index (χ3v) is 2.61. The Kier molecular flexibility index (Phi) is 2.88. The van der Waals surface area contributed by atoms with Crippen LogP contribution >= 0.6 is 0 Å². The fourth-order valence-electron chi connectivity index (χ4n) is 1.84. The lowest BCUT2D eigenvalue weighted by atomic mass is 10.0. The number of H-pyrrole nitrogens is 1. The van der Waals surface area contributed by atoms with Crippen molar-refractivity contribution in [3.63, 3.8) is 0 Å². The number of fused-ring (bicyclic) bond motifs is 1. The molecule has 0 aliphatic carbocycles. The van der Waals surface area contributed by atoms with E-state index >= 15 is 0 Å². The molecular formula is C13H16N2. The fraction of sp³-hybridized carbons (Fsp3) is 0.231. The molecule has 1 heterocycles. The van der Waals surface area contributed by atoms with Gasteiger partial charge in [-0.15, -0.1) is 0 Å². The summed E-state index contributed by atoms with van der Waals surface area (Å²) in [5, 5.41) is 1.29. The summed E-state index contributed by atoms with van der Waals surface area (Å²) in [5.41, 5.74) is 9.20. The lowest BCUT2D eigenvalue weighted by molar-refractivity contribution is 0.916. The van der Waals surface area contributed by atoms with Crippen LogP contribution in [0.4, 0.5) is 0 Å². The Morgan fingerprint density at radius 1 is 1.33 bits per heavy atom. The second-order valence-corrected chi connectivity index (χ2v) is 3.82. The van der Waals surface area contributed by atoms with E-state index < -0.39 is 0 Å². The van der Waals surface area contributed by atoms with Crippen molar-refractivity contribution in [3.8, 4) is 0 Å². The van der Waals surface area contributed by atoms with Crippen LogP contribution in [0.5, 0.6) is 0 Å². The number of para-hydroxylation sites is 1. The molecule has 0 radical (unpaired) electrons. The van der Waals surface area contributed by atoms with Crippen LogP contribution in [0.2, 0.25) is 0 Å². The Morgan fingerprint density at radius 3 is 2.93 bits per heavy atom. The molecule has 1 aromatic carbocycles. The quantitative estimate of drug-likeness (QED) is 0.732. The highest BCUT2D eigenvalue weighted by molar-refractivity contribution is 5.83. The summed E-state index contributed by atoms with van der Waals surface area (Å²) in [6.45, 7) is 4.71. The second kappa shape index (κ2) is 4.32. The zero-order valence-electron chi connectivity index (χ0n) is 8.79. The Balaban J connectivity index is 2.25. The Morgan fingerprint density at radius 2 is 2.13 bits per heavy atom. The maximum Gasteiger partial charge on any atom is 0.0456 e. The van der Waals surface area contributed by atoms with Gasteiger partial charge in [0, 0.05) is 17.1 Å². The number of nitrogens with one attached hydrogen (secondary N) is 1. The maximum absolute atomic E-state index is 5.50. The van der Waals surface area contributed by atoms with E-state index in [4.69, 9.17) is 5.73 Å². The van der Waals surface area contributed by atoms with Gasteiger partial charge in [-0.2, -0.15) is 0 Å². The Bertz CT molecular complexity index is 468. The number of hydrogen-bond donors (Lipinski definition) is 2. The average molecular weight is 200 g/mol. The van der Waals surface area contributed by atoms with Crippen LogP contribution in [0.1, 0.15) is 12.0 Å². The van der Waals surface area contributed by atoms with E-state index in [1.165, 1.54) is 22.0 Å². The molecule has 2 heteroatoms. The van der Waals surface area contributed by atoms with E-state index in [0.29, 0.717) is 6.54 Å². The van der Waals surface area contributed by atoms with Gasteiger partial charge in [0.1, 0.15) is 0 Å². The number of hydrogen-bond acceptors (Lipinski definition) is 1. The Hall–Kier alpha value is -1.54. The fourth-order valence-corrected chi connectivity index (χ4v) is 1.84. The molecule has 1 aromatic heterocycles. The van der Waals surface area contributed by atoms with Crippen LogP contribution in [0, 0.1) is 0 Å². The highest BCUT2D eigenvalue weighted by Crippen LogP contribution is 2.20.